The molecule has 1 nitrogen and oxygen atoms in total. The zero-order chi connectivity index (χ0) is 9.90. The van der Waals surface area contributed by atoms with Crippen LogP contribution in [0.2, 0.25) is 0 Å². The van der Waals surface area contributed by atoms with Crippen LogP contribution in [0.25, 0.3) is 0 Å². The lowest BCUT2D eigenvalue weighted by Gasteiger charge is -2.46. The first-order valence-electron chi connectivity index (χ1n) is 5.50. The predicted octanol–water partition coefficient (Wildman–Crippen LogP) is 3.05. The van der Waals surface area contributed by atoms with E-state index in [0.29, 0.717) is 4.75 Å². The van der Waals surface area contributed by atoms with Crippen molar-refractivity contribution >= 4 is 11.8 Å². The van der Waals surface area contributed by atoms with E-state index in [2.05, 4.69) is 44.8 Å². The lowest BCUT2D eigenvalue weighted by molar-refractivity contribution is 0.357. The molecular formula is C11H23NS. The number of nitrogens with one attached hydrogen (secondary N) is 1. The summed E-state index contributed by atoms with van der Waals surface area (Å²) in [6.07, 6.45) is 3.89. The second kappa shape index (κ2) is 4.70. The molecule has 0 aromatic heterocycles. The van der Waals surface area contributed by atoms with Crippen molar-refractivity contribution in [2.75, 3.05) is 5.75 Å². The molecule has 2 heteroatoms. The van der Waals surface area contributed by atoms with Gasteiger partial charge >= 0.3 is 0 Å². The fourth-order valence-electron chi connectivity index (χ4n) is 1.79. The van der Waals surface area contributed by atoms with Gasteiger partial charge in [0.25, 0.3) is 0 Å². The molecule has 0 spiro atoms. The average Bonchev–Trinajstić information content (AvgIpc) is 2.10. The second-order valence-electron chi connectivity index (χ2n) is 4.53. The summed E-state index contributed by atoms with van der Waals surface area (Å²) in [6, 6.07) is 1.49. The van der Waals surface area contributed by atoms with Gasteiger partial charge in [-0.05, 0) is 26.7 Å². The smallest absolute Gasteiger partial charge is 0.0302 e. The molecule has 2 unspecified atom stereocenters. The van der Waals surface area contributed by atoms with Crippen molar-refractivity contribution in [1.29, 1.82) is 0 Å². The van der Waals surface area contributed by atoms with Crippen LogP contribution in [-0.2, 0) is 0 Å². The van der Waals surface area contributed by atoms with E-state index < -0.39 is 0 Å². The highest BCUT2D eigenvalue weighted by atomic mass is 32.2. The van der Waals surface area contributed by atoms with E-state index in [9.17, 15) is 0 Å². The molecule has 1 heterocycles. The van der Waals surface area contributed by atoms with Crippen molar-refractivity contribution < 1.29 is 0 Å². The van der Waals surface area contributed by atoms with E-state index in [1.54, 1.807) is 0 Å². The molecule has 0 aromatic rings. The third kappa shape index (κ3) is 2.88. The van der Waals surface area contributed by atoms with Gasteiger partial charge in [0, 0.05) is 22.6 Å². The number of thioether (sulfide) groups is 1. The Labute approximate surface area is 87.1 Å². The molecule has 1 fully saturated rings. The molecule has 13 heavy (non-hydrogen) atoms. The van der Waals surface area contributed by atoms with Crippen LogP contribution in [0.15, 0.2) is 0 Å². The summed E-state index contributed by atoms with van der Waals surface area (Å²) < 4.78 is 0.473. The lowest BCUT2D eigenvalue weighted by atomic mass is 10.0. The third-order valence-corrected chi connectivity index (χ3v) is 4.56. The quantitative estimate of drug-likeness (QED) is 0.734. The topological polar surface area (TPSA) is 12.0 Å². The maximum Gasteiger partial charge on any atom is 0.0302 e. The van der Waals surface area contributed by atoms with Crippen molar-refractivity contribution in [1.82, 2.24) is 5.32 Å². The van der Waals surface area contributed by atoms with Crippen LogP contribution in [-0.4, -0.2) is 22.6 Å². The Kier molecular flexibility index (Phi) is 4.11. The molecule has 0 amide bonds. The second-order valence-corrected chi connectivity index (χ2v) is 6.20. The number of rotatable bonds is 5. The minimum atomic E-state index is 0.473. The van der Waals surface area contributed by atoms with E-state index in [1.807, 2.05) is 0 Å². The molecule has 78 valence electrons. The van der Waals surface area contributed by atoms with Gasteiger partial charge in [-0.25, -0.2) is 0 Å². The van der Waals surface area contributed by atoms with Gasteiger partial charge in [-0.15, -0.1) is 0 Å². The maximum absolute atomic E-state index is 3.77. The third-order valence-electron chi connectivity index (χ3n) is 3.03. The van der Waals surface area contributed by atoms with Crippen LogP contribution >= 0.6 is 11.8 Å². The van der Waals surface area contributed by atoms with Gasteiger partial charge in [-0.3, -0.25) is 0 Å². The minimum absolute atomic E-state index is 0.473. The van der Waals surface area contributed by atoms with Crippen molar-refractivity contribution in [3.05, 3.63) is 0 Å². The molecule has 2 atom stereocenters. The highest BCUT2D eigenvalue weighted by molar-refractivity contribution is 8.02. The summed E-state index contributed by atoms with van der Waals surface area (Å²) in [5.74, 6) is 1.30. The molecule has 1 saturated heterocycles. The number of hydrogen-bond donors (Lipinski definition) is 1. The molecule has 1 aliphatic rings. The Morgan fingerprint density at radius 3 is 2.46 bits per heavy atom. The first-order valence-corrected chi connectivity index (χ1v) is 6.48. The molecular weight excluding hydrogens is 178 g/mol. The Morgan fingerprint density at radius 1 is 1.46 bits per heavy atom. The van der Waals surface area contributed by atoms with Crippen molar-refractivity contribution in [3.63, 3.8) is 0 Å². The lowest BCUT2D eigenvalue weighted by Crippen LogP contribution is -2.57. The molecule has 1 rings (SSSR count). The monoisotopic (exact) mass is 201 g/mol. The summed E-state index contributed by atoms with van der Waals surface area (Å²) in [7, 11) is 0. The van der Waals surface area contributed by atoms with Gasteiger partial charge in [0.05, 0.1) is 0 Å². The number of hydrogen-bond acceptors (Lipinski definition) is 2. The minimum Gasteiger partial charge on any atom is -0.309 e. The predicted molar refractivity (Wildman–Crippen MR) is 62.4 cm³/mol. The highest BCUT2D eigenvalue weighted by Gasteiger charge is 2.39. The summed E-state index contributed by atoms with van der Waals surface area (Å²) in [4.78, 5) is 0. The Balaban J connectivity index is 2.29. The molecule has 0 aliphatic carbocycles. The summed E-state index contributed by atoms with van der Waals surface area (Å²) in [5, 5.41) is 3.77. The SMILES string of the molecule is CCCC(CC)NC1CSC1(C)C. The van der Waals surface area contributed by atoms with Gasteiger partial charge in [0.1, 0.15) is 0 Å². The normalized spacial score (nSPS) is 28.2. The maximum atomic E-state index is 3.77. The first-order chi connectivity index (χ1) is 6.10. The zero-order valence-electron chi connectivity index (χ0n) is 9.39. The van der Waals surface area contributed by atoms with E-state index in [1.165, 1.54) is 25.0 Å². The van der Waals surface area contributed by atoms with Crippen LogP contribution < -0.4 is 5.32 Å². The van der Waals surface area contributed by atoms with E-state index in [-0.39, 0.29) is 0 Å². The molecule has 0 saturated carbocycles. The van der Waals surface area contributed by atoms with E-state index in [0.717, 1.165) is 12.1 Å². The molecule has 1 aliphatic heterocycles. The van der Waals surface area contributed by atoms with Crippen LogP contribution in [0.4, 0.5) is 0 Å². The fourth-order valence-corrected chi connectivity index (χ4v) is 2.95. The largest absolute Gasteiger partial charge is 0.309 e. The van der Waals surface area contributed by atoms with Crippen molar-refractivity contribution in [3.8, 4) is 0 Å². The van der Waals surface area contributed by atoms with Gasteiger partial charge in [0.15, 0.2) is 0 Å². The Hall–Kier alpha value is 0.310. The fraction of sp³-hybridized carbons (Fsp3) is 1.00. The van der Waals surface area contributed by atoms with Crippen LogP contribution in [0.1, 0.15) is 47.0 Å². The first kappa shape index (κ1) is 11.4. The molecule has 1 N–H and O–H groups in total. The Bertz CT molecular complexity index is 156. The summed E-state index contributed by atoms with van der Waals surface area (Å²) in [6.45, 7) is 9.24. The standard InChI is InChI=1S/C11H23NS/c1-5-7-9(6-2)12-10-8-13-11(10,3)4/h9-10,12H,5-8H2,1-4H3. The summed E-state index contributed by atoms with van der Waals surface area (Å²) >= 11 is 2.08. The van der Waals surface area contributed by atoms with Gasteiger partial charge in [-0.2, -0.15) is 11.8 Å². The van der Waals surface area contributed by atoms with Gasteiger partial charge < -0.3 is 5.32 Å². The molecule has 0 aromatic carbocycles. The van der Waals surface area contributed by atoms with E-state index in [4.69, 9.17) is 0 Å². The molecule has 0 radical (unpaired) electrons. The van der Waals surface area contributed by atoms with Gasteiger partial charge in [0.2, 0.25) is 0 Å². The van der Waals surface area contributed by atoms with Crippen molar-refractivity contribution in [2.24, 2.45) is 0 Å². The Morgan fingerprint density at radius 2 is 2.15 bits per heavy atom. The van der Waals surface area contributed by atoms with Crippen LogP contribution in [0, 0.1) is 0 Å². The van der Waals surface area contributed by atoms with E-state index >= 15 is 0 Å². The zero-order valence-corrected chi connectivity index (χ0v) is 10.2. The van der Waals surface area contributed by atoms with Crippen molar-refractivity contribution in [2.45, 2.75) is 63.8 Å². The molecule has 0 bridgehead atoms. The summed E-state index contributed by atoms with van der Waals surface area (Å²) in [5.41, 5.74) is 0. The van der Waals surface area contributed by atoms with Gasteiger partial charge in [-0.1, -0.05) is 20.3 Å². The van der Waals surface area contributed by atoms with Crippen LogP contribution in [0.5, 0.6) is 0 Å². The highest BCUT2D eigenvalue weighted by Crippen LogP contribution is 2.40. The van der Waals surface area contributed by atoms with Crippen LogP contribution in [0.3, 0.4) is 0 Å². The average molecular weight is 201 g/mol.